The zero-order valence-corrected chi connectivity index (χ0v) is 14.2. The fraction of sp³-hybridized carbons (Fsp3) is 0.238. The van der Waals surface area contributed by atoms with E-state index in [1.54, 1.807) is 6.07 Å². The summed E-state index contributed by atoms with van der Waals surface area (Å²) in [5.41, 5.74) is 3.95. The molecule has 0 spiro atoms. The van der Waals surface area contributed by atoms with Gasteiger partial charge in [0, 0.05) is 23.5 Å². The molecule has 0 saturated carbocycles. The molecule has 1 aliphatic rings. The third-order valence-corrected chi connectivity index (χ3v) is 5.07. The van der Waals surface area contributed by atoms with Gasteiger partial charge in [0.05, 0.1) is 17.0 Å². The van der Waals surface area contributed by atoms with Gasteiger partial charge in [0.15, 0.2) is 0 Å². The number of aromatic nitrogens is 1. The second-order valence-electron chi connectivity index (χ2n) is 6.68. The maximum absolute atomic E-state index is 12.7. The number of benzene rings is 2. The van der Waals surface area contributed by atoms with Crippen molar-refractivity contribution in [3.05, 3.63) is 70.9 Å². The van der Waals surface area contributed by atoms with Crippen molar-refractivity contribution >= 4 is 22.8 Å². The van der Waals surface area contributed by atoms with Crippen LogP contribution in [0, 0.1) is 0 Å². The summed E-state index contributed by atoms with van der Waals surface area (Å²) in [6, 6.07) is 15.3. The van der Waals surface area contributed by atoms with Crippen molar-refractivity contribution in [3.63, 3.8) is 0 Å². The average molecular weight is 347 g/mol. The van der Waals surface area contributed by atoms with Crippen molar-refractivity contribution in [2.45, 2.75) is 31.7 Å². The van der Waals surface area contributed by atoms with E-state index in [-0.39, 0.29) is 5.91 Å². The zero-order valence-electron chi connectivity index (χ0n) is 14.2. The number of aromatic amines is 1. The highest BCUT2D eigenvalue weighted by molar-refractivity contribution is 6.07. The molecule has 0 radical (unpaired) electrons. The van der Waals surface area contributed by atoms with E-state index in [0.29, 0.717) is 29.7 Å². The Morgan fingerprint density at radius 2 is 1.92 bits per heavy atom. The molecule has 0 bridgehead atoms. The Morgan fingerprint density at radius 3 is 2.69 bits per heavy atom. The van der Waals surface area contributed by atoms with E-state index in [9.17, 15) is 14.7 Å². The van der Waals surface area contributed by atoms with Gasteiger partial charge in [0.1, 0.15) is 0 Å². The van der Waals surface area contributed by atoms with Crippen LogP contribution in [0.4, 0.5) is 0 Å². The predicted octanol–water partition coefficient (Wildman–Crippen LogP) is 2.27. The molecule has 132 valence electrons. The third kappa shape index (κ3) is 2.86. The first-order valence-corrected chi connectivity index (χ1v) is 8.81. The van der Waals surface area contributed by atoms with Crippen LogP contribution in [0.1, 0.15) is 45.9 Å². The molecule has 4 rings (SSSR count). The van der Waals surface area contributed by atoms with Gasteiger partial charge in [-0.3, -0.25) is 4.79 Å². The molecule has 1 aliphatic carbocycles. The summed E-state index contributed by atoms with van der Waals surface area (Å²) in [4.78, 5) is 27.4. The van der Waals surface area contributed by atoms with Crippen LogP contribution in [-0.4, -0.2) is 16.9 Å². The standard InChI is InChI=1S/C21H20N2O3/c24-20(22-12-13-6-2-1-3-7-13)16-10-4-8-14-15-9-5-11-17(21(25)26)19(15)23-18(14)16/h1-4,6-8,10,17,23H,5,9,11-12H2,(H,22,24)(H,25,26)/p-1. The highest BCUT2D eigenvalue weighted by atomic mass is 16.4. The van der Waals surface area contributed by atoms with E-state index < -0.39 is 11.9 Å². The first kappa shape index (κ1) is 16.4. The number of hydrogen-bond acceptors (Lipinski definition) is 3. The monoisotopic (exact) mass is 347 g/mol. The molecule has 1 atom stereocenters. The van der Waals surface area contributed by atoms with E-state index in [0.717, 1.165) is 29.4 Å². The van der Waals surface area contributed by atoms with E-state index in [2.05, 4.69) is 10.3 Å². The highest BCUT2D eigenvalue weighted by Crippen LogP contribution is 2.36. The number of nitrogens with one attached hydrogen (secondary N) is 2. The van der Waals surface area contributed by atoms with Crippen molar-refractivity contribution in [1.29, 1.82) is 0 Å². The number of fused-ring (bicyclic) bond motifs is 3. The lowest BCUT2D eigenvalue weighted by Crippen LogP contribution is -2.32. The molecule has 1 amide bonds. The maximum Gasteiger partial charge on any atom is 0.253 e. The summed E-state index contributed by atoms with van der Waals surface area (Å²) in [6.07, 6.45) is 2.19. The van der Waals surface area contributed by atoms with Crippen molar-refractivity contribution in [2.24, 2.45) is 0 Å². The predicted molar refractivity (Wildman–Crippen MR) is 96.6 cm³/mol. The van der Waals surface area contributed by atoms with Crippen LogP contribution in [0.5, 0.6) is 0 Å². The topological polar surface area (TPSA) is 85.0 Å². The van der Waals surface area contributed by atoms with Gasteiger partial charge in [0.2, 0.25) is 0 Å². The van der Waals surface area contributed by atoms with Crippen molar-refractivity contribution in [1.82, 2.24) is 10.3 Å². The van der Waals surface area contributed by atoms with Crippen LogP contribution < -0.4 is 10.4 Å². The number of amides is 1. The molecule has 5 heteroatoms. The Labute approximate surface area is 151 Å². The third-order valence-electron chi connectivity index (χ3n) is 5.07. The molecule has 1 unspecified atom stereocenters. The molecule has 0 fully saturated rings. The van der Waals surface area contributed by atoms with Crippen LogP contribution in [-0.2, 0) is 17.8 Å². The summed E-state index contributed by atoms with van der Waals surface area (Å²) < 4.78 is 0. The Morgan fingerprint density at radius 1 is 1.12 bits per heavy atom. The van der Waals surface area contributed by atoms with Crippen molar-refractivity contribution in [3.8, 4) is 0 Å². The number of aryl methyl sites for hydroxylation is 1. The van der Waals surface area contributed by atoms with Gasteiger partial charge >= 0.3 is 0 Å². The quantitative estimate of drug-likeness (QED) is 0.759. The number of aliphatic carboxylic acids is 1. The van der Waals surface area contributed by atoms with E-state index >= 15 is 0 Å². The second kappa shape index (κ2) is 6.67. The molecule has 2 N–H and O–H groups in total. The Kier molecular flexibility index (Phi) is 4.21. The lowest BCUT2D eigenvalue weighted by molar-refractivity contribution is -0.308. The van der Waals surface area contributed by atoms with Gasteiger partial charge in [-0.15, -0.1) is 0 Å². The Hall–Kier alpha value is -3.08. The lowest BCUT2D eigenvalue weighted by atomic mass is 9.87. The largest absolute Gasteiger partial charge is 0.549 e. The summed E-state index contributed by atoms with van der Waals surface area (Å²) in [6.45, 7) is 0.443. The van der Waals surface area contributed by atoms with Crippen LogP contribution in [0.2, 0.25) is 0 Å². The highest BCUT2D eigenvalue weighted by Gasteiger charge is 2.26. The molecule has 2 aromatic carbocycles. The van der Waals surface area contributed by atoms with Gasteiger partial charge in [-0.25, -0.2) is 0 Å². The first-order chi connectivity index (χ1) is 12.6. The van der Waals surface area contributed by atoms with Crippen molar-refractivity contribution < 1.29 is 14.7 Å². The van der Waals surface area contributed by atoms with E-state index in [4.69, 9.17) is 0 Å². The van der Waals surface area contributed by atoms with Gasteiger partial charge in [-0.1, -0.05) is 42.5 Å². The second-order valence-corrected chi connectivity index (χ2v) is 6.68. The van der Waals surface area contributed by atoms with Gasteiger partial charge in [0.25, 0.3) is 5.91 Å². The molecule has 3 aromatic rings. The Bertz CT molecular complexity index is 976. The molecule has 26 heavy (non-hydrogen) atoms. The molecular formula is C21H19N2O3-. The zero-order chi connectivity index (χ0) is 18.1. The number of carboxylic acid groups (broad SMARTS) is 1. The SMILES string of the molecule is O=C(NCc1ccccc1)c1cccc2c3c([nH]c12)C(C(=O)[O-])CCC3. The normalized spacial score (nSPS) is 16.2. The molecule has 1 aromatic heterocycles. The summed E-state index contributed by atoms with van der Waals surface area (Å²) >= 11 is 0. The molecule has 0 aliphatic heterocycles. The minimum atomic E-state index is -1.06. The number of carbonyl (C=O) groups is 2. The lowest BCUT2D eigenvalue weighted by Gasteiger charge is -2.23. The Balaban J connectivity index is 1.68. The first-order valence-electron chi connectivity index (χ1n) is 8.81. The van der Waals surface area contributed by atoms with Crippen LogP contribution in [0.3, 0.4) is 0 Å². The molecule has 0 saturated heterocycles. The smallest absolute Gasteiger partial charge is 0.253 e. The van der Waals surface area contributed by atoms with Crippen LogP contribution in [0.15, 0.2) is 48.5 Å². The van der Waals surface area contributed by atoms with Gasteiger partial charge < -0.3 is 20.2 Å². The number of rotatable bonds is 4. The average Bonchev–Trinajstić information content (AvgIpc) is 3.05. The number of H-pyrrole nitrogens is 1. The summed E-state index contributed by atoms with van der Waals surface area (Å²) in [5, 5.41) is 15.3. The minimum absolute atomic E-state index is 0.178. The maximum atomic E-state index is 12.7. The van der Waals surface area contributed by atoms with E-state index in [1.165, 1.54) is 0 Å². The van der Waals surface area contributed by atoms with Crippen LogP contribution >= 0.6 is 0 Å². The van der Waals surface area contributed by atoms with Crippen molar-refractivity contribution in [2.75, 3.05) is 0 Å². The summed E-state index contributed by atoms with van der Waals surface area (Å²) in [5.74, 6) is -1.87. The minimum Gasteiger partial charge on any atom is -0.549 e. The number of carboxylic acids is 1. The number of para-hydroxylation sites is 1. The number of carbonyl (C=O) groups excluding carboxylic acids is 2. The van der Waals surface area contributed by atoms with Crippen LogP contribution in [0.25, 0.3) is 10.9 Å². The number of hydrogen-bond donors (Lipinski definition) is 2. The molecule has 1 heterocycles. The fourth-order valence-electron chi connectivity index (χ4n) is 3.79. The fourth-order valence-corrected chi connectivity index (χ4v) is 3.79. The van der Waals surface area contributed by atoms with Gasteiger partial charge in [-0.05, 0) is 36.5 Å². The molecule has 5 nitrogen and oxygen atoms in total. The molecular weight excluding hydrogens is 328 g/mol. The van der Waals surface area contributed by atoms with Gasteiger partial charge in [-0.2, -0.15) is 0 Å². The van der Waals surface area contributed by atoms with E-state index in [1.807, 2.05) is 42.5 Å². The summed E-state index contributed by atoms with van der Waals surface area (Å²) in [7, 11) is 0.